The van der Waals surface area contributed by atoms with Gasteiger partial charge in [0.2, 0.25) is 5.91 Å². The van der Waals surface area contributed by atoms with E-state index in [0.717, 1.165) is 12.8 Å². The Balaban J connectivity index is 2.75. The van der Waals surface area contributed by atoms with Gasteiger partial charge in [0.25, 0.3) is 0 Å². The maximum Gasteiger partial charge on any atom is 0.224 e. The first-order valence-corrected chi connectivity index (χ1v) is 6.41. The highest BCUT2D eigenvalue weighted by Gasteiger charge is 2.11. The van der Waals surface area contributed by atoms with Crippen LogP contribution in [0.25, 0.3) is 0 Å². The van der Waals surface area contributed by atoms with Gasteiger partial charge in [-0.1, -0.05) is 11.6 Å². The lowest BCUT2D eigenvalue weighted by molar-refractivity contribution is -0.116. The van der Waals surface area contributed by atoms with Gasteiger partial charge in [-0.2, -0.15) is 0 Å². The van der Waals surface area contributed by atoms with E-state index in [4.69, 9.17) is 26.8 Å². The molecule has 0 aromatic heterocycles. The van der Waals surface area contributed by atoms with Crippen LogP contribution in [0.3, 0.4) is 0 Å². The van der Waals surface area contributed by atoms with E-state index in [1.54, 1.807) is 12.1 Å². The topological polar surface area (TPSA) is 73.6 Å². The number of carbonyl (C=O) groups is 1. The number of halogens is 1. The molecule has 0 heterocycles. The smallest absolute Gasteiger partial charge is 0.224 e. The van der Waals surface area contributed by atoms with Crippen LogP contribution in [0, 0.1) is 0 Å². The fourth-order valence-electron chi connectivity index (χ4n) is 1.59. The van der Waals surface area contributed by atoms with Crippen molar-refractivity contribution in [2.75, 3.05) is 26.1 Å². The van der Waals surface area contributed by atoms with Crippen LogP contribution in [0.5, 0.6) is 11.5 Å². The first kappa shape index (κ1) is 15.6. The molecule has 0 bridgehead atoms. The summed E-state index contributed by atoms with van der Waals surface area (Å²) in [5.74, 6) is 0.945. The minimum Gasteiger partial charge on any atom is -0.493 e. The number of nitrogens with one attached hydrogen (secondary N) is 1. The van der Waals surface area contributed by atoms with E-state index in [-0.39, 0.29) is 5.91 Å². The molecule has 0 unspecified atom stereocenters. The molecular weight excluding hydrogens is 268 g/mol. The Bertz CT molecular complexity index is 438. The second-order valence-electron chi connectivity index (χ2n) is 3.98. The molecule has 3 N–H and O–H groups in total. The minimum atomic E-state index is -0.0948. The van der Waals surface area contributed by atoms with Crippen LogP contribution in [-0.2, 0) is 4.79 Å². The predicted octanol–water partition coefficient (Wildman–Crippen LogP) is 2.42. The number of methoxy groups -OCH3 is 2. The maximum absolute atomic E-state index is 11.7. The molecule has 1 rings (SSSR count). The van der Waals surface area contributed by atoms with E-state index in [0.29, 0.717) is 35.2 Å². The number of benzene rings is 1. The SMILES string of the molecule is COc1cc(Cl)c(NC(=O)CCCCN)cc1OC. The first-order valence-electron chi connectivity index (χ1n) is 6.03. The van der Waals surface area contributed by atoms with Gasteiger partial charge in [-0.25, -0.2) is 0 Å². The summed E-state index contributed by atoms with van der Waals surface area (Å²) in [6.07, 6.45) is 2.00. The molecule has 1 aromatic carbocycles. The van der Waals surface area contributed by atoms with Gasteiger partial charge in [-0.3, -0.25) is 4.79 Å². The molecule has 6 heteroatoms. The van der Waals surface area contributed by atoms with Crippen LogP contribution in [0.4, 0.5) is 5.69 Å². The van der Waals surface area contributed by atoms with Gasteiger partial charge < -0.3 is 20.5 Å². The van der Waals surface area contributed by atoms with E-state index in [2.05, 4.69) is 5.32 Å². The Morgan fingerprint density at radius 1 is 1.26 bits per heavy atom. The summed E-state index contributed by atoms with van der Waals surface area (Å²) in [5, 5.41) is 3.16. The minimum absolute atomic E-state index is 0.0948. The summed E-state index contributed by atoms with van der Waals surface area (Å²) in [5.41, 5.74) is 5.89. The molecule has 0 aliphatic carbocycles. The Hall–Kier alpha value is -1.46. The highest BCUT2D eigenvalue weighted by Crippen LogP contribution is 2.36. The molecular formula is C13H19ClN2O3. The average molecular weight is 287 g/mol. The third-order valence-corrected chi connectivity index (χ3v) is 2.92. The fraction of sp³-hybridized carbons (Fsp3) is 0.462. The van der Waals surface area contributed by atoms with Crippen molar-refractivity contribution < 1.29 is 14.3 Å². The van der Waals surface area contributed by atoms with Crippen molar-refractivity contribution in [2.45, 2.75) is 19.3 Å². The standard InChI is InChI=1S/C13H19ClN2O3/c1-18-11-7-9(14)10(8-12(11)19-2)16-13(17)5-3-4-6-15/h7-8H,3-6,15H2,1-2H3,(H,16,17). The summed E-state index contributed by atoms with van der Waals surface area (Å²) >= 11 is 6.07. The number of hydrogen-bond acceptors (Lipinski definition) is 4. The first-order chi connectivity index (χ1) is 9.12. The van der Waals surface area contributed by atoms with Gasteiger partial charge in [0.15, 0.2) is 11.5 Å². The molecule has 5 nitrogen and oxygen atoms in total. The van der Waals surface area contributed by atoms with Crippen molar-refractivity contribution in [3.05, 3.63) is 17.2 Å². The van der Waals surface area contributed by atoms with Gasteiger partial charge in [-0.15, -0.1) is 0 Å². The maximum atomic E-state index is 11.7. The van der Waals surface area contributed by atoms with E-state index in [9.17, 15) is 4.79 Å². The van der Waals surface area contributed by atoms with Crippen LogP contribution >= 0.6 is 11.6 Å². The van der Waals surface area contributed by atoms with Crippen LogP contribution in [-0.4, -0.2) is 26.7 Å². The molecule has 0 spiro atoms. The van der Waals surface area contributed by atoms with Gasteiger partial charge in [0.1, 0.15) is 0 Å². The zero-order valence-corrected chi connectivity index (χ0v) is 11.9. The Kier molecular flexibility index (Phi) is 6.45. The lowest BCUT2D eigenvalue weighted by atomic mass is 10.2. The summed E-state index contributed by atoms with van der Waals surface area (Å²) in [7, 11) is 3.05. The fourth-order valence-corrected chi connectivity index (χ4v) is 1.79. The second kappa shape index (κ2) is 7.86. The van der Waals surface area contributed by atoms with Gasteiger partial charge in [0.05, 0.1) is 24.9 Å². The van der Waals surface area contributed by atoms with Gasteiger partial charge in [0, 0.05) is 18.6 Å². The molecule has 0 saturated carbocycles. The summed E-state index contributed by atoms with van der Waals surface area (Å²) < 4.78 is 10.3. The van der Waals surface area contributed by atoms with Crippen molar-refractivity contribution in [1.82, 2.24) is 0 Å². The average Bonchev–Trinajstić information content (AvgIpc) is 2.40. The highest BCUT2D eigenvalue weighted by atomic mass is 35.5. The van der Waals surface area contributed by atoms with Crippen molar-refractivity contribution >= 4 is 23.2 Å². The monoisotopic (exact) mass is 286 g/mol. The lowest BCUT2D eigenvalue weighted by Crippen LogP contribution is -2.12. The molecule has 1 aromatic rings. The second-order valence-corrected chi connectivity index (χ2v) is 4.39. The number of unbranched alkanes of at least 4 members (excludes halogenated alkanes) is 1. The molecule has 0 atom stereocenters. The third-order valence-electron chi connectivity index (χ3n) is 2.61. The Labute approximate surface area is 118 Å². The number of hydrogen-bond donors (Lipinski definition) is 2. The Morgan fingerprint density at radius 3 is 2.47 bits per heavy atom. The largest absolute Gasteiger partial charge is 0.493 e. The van der Waals surface area contributed by atoms with E-state index < -0.39 is 0 Å². The van der Waals surface area contributed by atoms with Crippen molar-refractivity contribution in [1.29, 1.82) is 0 Å². The van der Waals surface area contributed by atoms with Gasteiger partial charge >= 0.3 is 0 Å². The molecule has 0 aliphatic rings. The van der Waals surface area contributed by atoms with Crippen molar-refractivity contribution in [3.8, 4) is 11.5 Å². The molecule has 19 heavy (non-hydrogen) atoms. The van der Waals surface area contributed by atoms with Crippen LogP contribution < -0.4 is 20.5 Å². The van der Waals surface area contributed by atoms with E-state index in [1.165, 1.54) is 14.2 Å². The normalized spacial score (nSPS) is 10.1. The van der Waals surface area contributed by atoms with Crippen LogP contribution in [0.1, 0.15) is 19.3 Å². The lowest BCUT2D eigenvalue weighted by Gasteiger charge is -2.12. The van der Waals surface area contributed by atoms with Crippen molar-refractivity contribution in [2.24, 2.45) is 5.73 Å². The predicted molar refractivity (Wildman–Crippen MR) is 76.1 cm³/mol. The summed E-state index contributed by atoms with van der Waals surface area (Å²) in [6, 6.07) is 3.25. The zero-order chi connectivity index (χ0) is 14.3. The molecule has 0 radical (unpaired) electrons. The van der Waals surface area contributed by atoms with E-state index in [1.807, 2.05) is 0 Å². The molecule has 0 saturated heterocycles. The molecule has 0 fully saturated rings. The summed E-state index contributed by atoms with van der Waals surface area (Å²) in [4.78, 5) is 11.7. The number of amides is 1. The molecule has 106 valence electrons. The van der Waals surface area contributed by atoms with Gasteiger partial charge in [-0.05, 0) is 19.4 Å². The number of nitrogens with two attached hydrogens (primary N) is 1. The van der Waals surface area contributed by atoms with Crippen molar-refractivity contribution in [3.63, 3.8) is 0 Å². The van der Waals surface area contributed by atoms with Crippen LogP contribution in [0.2, 0.25) is 5.02 Å². The van der Waals surface area contributed by atoms with Crippen LogP contribution in [0.15, 0.2) is 12.1 Å². The number of anilines is 1. The number of rotatable bonds is 7. The number of carbonyl (C=O) groups excluding carboxylic acids is 1. The number of ether oxygens (including phenoxy) is 2. The quantitative estimate of drug-likeness (QED) is 0.755. The zero-order valence-electron chi connectivity index (χ0n) is 11.2. The highest BCUT2D eigenvalue weighted by molar-refractivity contribution is 6.34. The Morgan fingerprint density at radius 2 is 1.89 bits per heavy atom. The molecule has 1 amide bonds. The third kappa shape index (κ3) is 4.61. The van der Waals surface area contributed by atoms with E-state index >= 15 is 0 Å². The molecule has 0 aliphatic heterocycles. The summed E-state index contributed by atoms with van der Waals surface area (Å²) in [6.45, 7) is 0.588.